The van der Waals surface area contributed by atoms with Gasteiger partial charge in [-0.3, -0.25) is 4.79 Å². The Labute approximate surface area is 127 Å². The van der Waals surface area contributed by atoms with Crippen LogP contribution < -0.4 is 10.6 Å². The van der Waals surface area contributed by atoms with Gasteiger partial charge in [0.15, 0.2) is 0 Å². The molecule has 2 heterocycles. The summed E-state index contributed by atoms with van der Waals surface area (Å²) in [5.74, 6) is -0.275. The number of hydrogen-bond acceptors (Lipinski definition) is 3. The van der Waals surface area contributed by atoms with Crippen LogP contribution in [-0.2, 0) is 0 Å². The second kappa shape index (κ2) is 5.95. The van der Waals surface area contributed by atoms with Crippen LogP contribution in [0.5, 0.6) is 0 Å². The largest absolute Gasteiger partial charge is 0.347 e. The summed E-state index contributed by atoms with van der Waals surface area (Å²) in [6.45, 7) is 3.77. The molecule has 1 aromatic heterocycles. The number of amides is 1. The normalized spacial score (nSPS) is 17.9. The zero-order valence-corrected chi connectivity index (χ0v) is 12.6. The van der Waals surface area contributed by atoms with Gasteiger partial charge in [0.25, 0.3) is 5.91 Å². The summed E-state index contributed by atoms with van der Waals surface area (Å²) in [7, 11) is 0. The molecule has 0 saturated carbocycles. The van der Waals surface area contributed by atoms with Crippen molar-refractivity contribution in [2.45, 2.75) is 19.4 Å². The molecule has 1 aromatic carbocycles. The van der Waals surface area contributed by atoms with Crippen molar-refractivity contribution in [3.63, 3.8) is 0 Å². The van der Waals surface area contributed by atoms with Gasteiger partial charge in [0.05, 0.1) is 4.88 Å². The van der Waals surface area contributed by atoms with Crippen LogP contribution in [0.4, 0.5) is 4.39 Å². The molecule has 5 heteroatoms. The minimum atomic E-state index is -0.252. The molecule has 0 radical (unpaired) electrons. The zero-order valence-electron chi connectivity index (χ0n) is 11.8. The van der Waals surface area contributed by atoms with E-state index in [2.05, 4.69) is 10.6 Å². The van der Waals surface area contributed by atoms with Gasteiger partial charge in [-0.25, -0.2) is 4.39 Å². The second-order valence-corrected chi connectivity index (χ2v) is 6.51. The Kier molecular flexibility index (Phi) is 4.03. The smallest absolute Gasteiger partial charge is 0.261 e. The molecule has 1 unspecified atom stereocenters. The van der Waals surface area contributed by atoms with E-state index < -0.39 is 0 Å². The first-order chi connectivity index (χ1) is 10.1. The number of halogens is 1. The topological polar surface area (TPSA) is 41.1 Å². The maximum Gasteiger partial charge on any atom is 0.261 e. The van der Waals surface area contributed by atoms with E-state index in [0.717, 1.165) is 35.5 Å². The number of thiophene rings is 1. The highest BCUT2D eigenvalue weighted by molar-refractivity contribution is 7.14. The lowest BCUT2D eigenvalue weighted by Gasteiger charge is -2.09. The van der Waals surface area contributed by atoms with E-state index in [1.54, 1.807) is 12.1 Å². The molecule has 1 aliphatic heterocycles. The number of carbonyl (C=O) groups excluding carboxylic acids is 1. The minimum absolute atomic E-state index is 0.0230. The van der Waals surface area contributed by atoms with Gasteiger partial charge < -0.3 is 10.6 Å². The number of nitrogens with one attached hydrogen (secondary N) is 2. The summed E-state index contributed by atoms with van der Waals surface area (Å²) in [4.78, 5) is 14.0. The van der Waals surface area contributed by atoms with E-state index in [1.807, 2.05) is 13.0 Å². The summed E-state index contributed by atoms with van der Waals surface area (Å²) in [5.41, 5.74) is 1.93. The fourth-order valence-corrected chi connectivity index (χ4v) is 3.49. The Morgan fingerprint density at radius 1 is 1.38 bits per heavy atom. The summed E-state index contributed by atoms with van der Waals surface area (Å²) < 4.78 is 13.0. The first kappa shape index (κ1) is 14.2. The van der Waals surface area contributed by atoms with Crippen molar-refractivity contribution in [1.82, 2.24) is 10.6 Å². The van der Waals surface area contributed by atoms with Crippen LogP contribution in [0.15, 0.2) is 30.3 Å². The van der Waals surface area contributed by atoms with Crippen molar-refractivity contribution in [2.75, 3.05) is 13.1 Å². The summed E-state index contributed by atoms with van der Waals surface area (Å²) in [6, 6.07) is 8.48. The predicted octanol–water partition coefficient (Wildman–Crippen LogP) is 2.95. The Hall–Kier alpha value is -1.72. The number of aryl methyl sites for hydroxylation is 1. The van der Waals surface area contributed by atoms with E-state index in [9.17, 15) is 9.18 Å². The molecule has 1 aliphatic rings. The molecular formula is C16H17FN2OS. The van der Waals surface area contributed by atoms with E-state index in [1.165, 1.54) is 23.5 Å². The van der Waals surface area contributed by atoms with Crippen molar-refractivity contribution in [3.05, 3.63) is 45.9 Å². The fourth-order valence-electron chi connectivity index (χ4n) is 2.54. The van der Waals surface area contributed by atoms with Gasteiger partial charge in [-0.1, -0.05) is 12.1 Å². The molecule has 1 saturated heterocycles. The lowest BCUT2D eigenvalue weighted by molar-refractivity contribution is 0.0944. The first-order valence-corrected chi connectivity index (χ1v) is 7.83. The maximum absolute atomic E-state index is 13.0. The summed E-state index contributed by atoms with van der Waals surface area (Å²) in [5, 5.41) is 6.28. The summed E-state index contributed by atoms with van der Waals surface area (Å²) in [6.07, 6.45) is 0.973. The third kappa shape index (κ3) is 3.14. The van der Waals surface area contributed by atoms with Gasteiger partial charge in [0.2, 0.25) is 0 Å². The molecule has 2 aromatic rings. The van der Waals surface area contributed by atoms with Crippen LogP contribution in [0.2, 0.25) is 0 Å². The molecule has 1 amide bonds. The third-order valence-corrected chi connectivity index (χ3v) is 4.74. The third-order valence-electron chi connectivity index (χ3n) is 3.69. The number of carbonyl (C=O) groups is 1. The zero-order chi connectivity index (χ0) is 14.8. The predicted molar refractivity (Wildman–Crippen MR) is 83.2 cm³/mol. The quantitative estimate of drug-likeness (QED) is 0.915. The average Bonchev–Trinajstić information content (AvgIpc) is 3.09. The molecule has 2 N–H and O–H groups in total. The molecule has 3 rings (SSSR count). The highest BCUT2D eigenvalue weighted by Gasteiger charge is 2.19. The number of rotatable bonds is 3. The van der Waals surface area contributed by atoms with E-state index in [4.69, 9.17) is 0 Å². The van der Waals surface area contributed by atoms with Gasteiger partial charge in [-0.05, 0) is 49.2 Å². The van der Waals surface area contributed by atoms with Gasteiger partial charge in [-0.15, -0.1) is 11.3 Å². The van der Waals surface area contributed by atoms with Gasteiger partial charge in [-0.2, -0.15) is 0 Å². The lowest BCUT2D eigenvalue weighted by Crippen LogP contribution is -2.35. The first-order valence-electron chi connectivity index (χ1n) is 7.01. The highest BCUT2D eigenvalue weighted by atomic mass is 32.1. The molecule has 1 atom stereocenters. The monoisotopic (exact) mass is 304 g/mol. The number of hydrogen-bond donors (Lipinski definition) is 2. The highest BCUT2D eigenvalue weighted by Crippen LogP contribution is 2.31. The van der Waals surface area contributed by atoms with Crippen LogP contribution in [0, 0.1) is 12.7 Å². The van der Waals surface area contributed by atoms with Crippen molar-refractivity contribution < 1.29 is 9.18 Å². The molecule has 0 aliphatic carbocycles. The van der Waals surface area contributed by atoms with Crippen molar-refractivity contribution in [3.8, 4) is 11.1 Å². The Bertz CT molecular complexity index is 645. The average molecular weight is 304 g/mol. The molecule has 110 valence electrons. The van der Waals surface area contributed by atoms with Gasteiger partial charge in [0, 0.05) is 17.5 Å². The molecule has 21 heavy (non-hydrogen) atoms. The van der Waals surface area contributed by atoms with Crippen LogP contribution in [0.3, 0.4) is 0 Å². The van der Waals surface area contributed by atoms with E-state index in [-0.39, 0.29) is 17.8 Å². The SMILES string of the molecule is Cc1sc(C(=O)NC2CCNC2)cc1-c1ccc(F)cc1. The van der Waals surface area contributed by atoms with Crippen molar-refractivity contribution in [2.24, 2.45) is 0 Å². The van der Waals surface area contributed by atoms with E-state index >= 15 is 0 Å². The molecule has 3 nitrogen and oxygen atoms in total. The van der Waals surface area contributed by atoms with Crippen LogP contribution in [0.1, 0.15) is 21.0 Å². The summed E-state index contributed by atoms with van der Waals surface area (Å²) >= 11 is 1.48. The standard InChI is InChI=1S/C16H17FN2OS/c1-10-14(11-2-4-12(17)5-3-11)8-15(21-10)16(20)19-13-6-7-18-9-13/h2-5,8,13,18H,6-7,9H2,1H3,(H,19,20). The lowest BCUT2D eigenvalue weighted by atomic mass is 10.1. The Balaban J connectivity index is 1.80. The molecule has 1 fully saturated rings. The fraction of sp³-hybridized carbons (Fsp3) is 0.312. The molecular weight excluding hydrogens is 287 g/mol. The van der Waals surface area contributed by atoms with Crippen LogP contribution >= 0.6 is 11.3 Å². The maximum atomic E-state index is 13.0. The molecule has 0 spiro atoms. The van der Waals surface area contributed by atoms with Crippen LogP contribution in [0.25, 0.3) is 11.1 Å². The van der Waals surface area contributed by atoms with Crippen LogP contribution in [-0.4, -0.2) is 25.0 Å². The molecule has 0 bridgehead atoms. The minimum Gasteiger partial charge on any atom is -0.347 e. The Morgan fingerprint density at radius 3 is 2.81 bits per heavy atom. The second-order valence-electron chi connectivity index (χ2n) is 5.25. The Morgan fingerprint density at radius 2 is 2.14 bits per heavy atom. The van der Waals surface area contributed by atoms with E-state index in [0.29, 0.717) is 4.88 Å². The van der Waals surface area contributed by atoms with Gasteiger partial charge in [0.1, 0.15) is 5.82 Å². The van der Waals surface area contributed by atoms with Crippen molar-refractivity contribution in [1.29, 1.82) is 0 Å². The van der Waals surface area contributed by atoms with Crippen molar-refractivity contribution >= 4 is 17.2 Å². The van der Waals surface area contributed by atoms with Gasteiger partial charge >= 0.3 is 0 Å². The number of benzene rings is 1.